The molecule has 1 N–H and O–H groups in total. The first-order valence-corrected chi connectivity index (χ1v) is 6.34. The highest BCUT2D eigenvalue weighted by atomic mass is 19.4. The zero-order chi connectivity index (χ0) is 14.5. The molecule has 0 aliphatic rings. The first-order valence-electron chi connectivity index (χ1n) is 6.34. The monoisotopic (exact) mass is 275 g/mol. The third-order valence-electron chi connectivity index (χ3n) is 2.84. The van der Waals surface area contributed by atoms with Crippen molar-refractivity contribution in [1.29, 1.82) is 0 Å². The van der Waals surface area contributed by atoms with Gasteiger partial charge < -0.3 is 5.11 Å². The highest BCUT2D eigenvalue weighted by Crippen LogP contribution is 2.19. The van der Waals surface area contributed by atoms with Gasteiger partial charge in [0.2, 0.25) is 0 Å². The molecule has 0 heterocycles. The van der Waals surface area contributed by atoms with Crippen LogP contribution < -0.4 is 0 Å². The maximum atomic E-state index is 12.2. The van der Waals surface area contributed by atoms with Gasteiger partial charge in [0.25, 0.3) is 0 Å². The Kier molecular flexibility index (Phi) is 5.82. The molecule has 19 heavy (non-hydrogen) atoms. The number of nitrogens with zero attached hydrogens (tertiary/aromatic N) is 1. The first kappa shape index (κ1) is 16.0. The molecule has 0 saturated heterocycles. The lowest BCUT2D eigenvalue weighted by Crippen LogP contribution is -2.34. The Morgan fingerprint density at radius 3 is 2.26 bits per heavy atom. The molecule has 1 aromatic carbocycles. The van der Waals surface area contributed by atoms with Gasteiger partial charge in [-0.1, -0.05) is 37.6 Å². The van der Waals surface area contributed by atoms with Crippen molar-refractivity contribution in [2.24, 2.45) is 0 Å². The molecule has 0 radical (unpaired) electrons. The highest BCUT2D eigenvalue weighted by Gasteiger charge is 2.29. The predicted octanol–water partition coefficient (Wildman–Crippen LogP) is 3.17. The van der Waals surface area contributed by atoms with Gasteiger partial charge in [-0.25, -0.2) is 0 Å². The Labute approximate surface area is 111 Å². The van der Waals surface area contributed by atoms with E-state index in [1.807, 2.05) is 12.1 Å². The standard InChI is InChI=1S/C14H20F3NO/c1-3-4-11-5-7-12(8-6-11)13(19)9-18(2)10-14(15,16)17/h5-8,13,19H,3-4,9-10H2,1-2H3. The Morgan fingerprint density at radius 1 is 1.21 bits per heavy atom. The minimum absolute atomic E-state index is 0.0351. The van der Waals surface area contributed by atoms with Crippen LogP contribution in [0.5, 0.6) is 0 Å². The summed E-state index contributed by atoms with van der Waals surface area (Å²) in [5, 5.41) is 9.90. The van der Waals surface area contributed by atoms with Crippen LogP contribution >= 0.6 is 0 Å². The minimum atomic E-state index is -4.24. The maximum absolute atomic E-state index is 12.2. The van der Waals surface area contributed by atoms with E-state index in [2.05, 4.69) is 6.92 Å². The molecule has 0 aliphatic carbocycles. The maximum Gasteiger partial charge on any atom is 0.401 e. The SMILES string of the molecule is CCCc1ccc(C(O)CN(C)CC(F)(F)F)cc1. The van der Waals surface area contributed by atoms with Gasteiger partial charge in [0.05, 0.1) is 12.6 Å². The zero-order valence-electron chi connectivity index (χ0n) is 11.2. The Bertz CT molecular complexity index is 375. The number of aryl methyl sites for hydroxylation is 1. The molecule has 0 aromatic heterocycles. The molecule has 0 bridgehead atoms. The number of benzene rings is 1. The van der Waals surface area contributed by atoms with Gasteiger partial charge in [-0.2, -0.15) is 13.2 Å². The summed E-state index contributed by atoms with van der Waals surface area (Å²) in [5.74, 6) is 0. The molecule has 5 heteroatoms. The van der Waals surface area contributed by atoms with E-state index < -0.39 is 18.8 Å². The van der Waals surface area contributed by atoms with Crippen molar-refractivity contribution in [2.45, 2.75) is 32.0 Å². The van der Waals surface area contributed by atoms with Gasteiger partial charge in [-0.15, -0.1) is 0 Å². The number of hydrogen-bond donors (Lipinski definition) is 1. The summed E-state index contributed by atoms with van der Waals surface area (Å²) in [6, 6.07) is 7.37. The van der Waals surface area contributed by atoms with E-state index in [0.717, 1.165) is 17.7 Å². The smallest absolute Gasteiger partial charge is 0.387 e. The van der Waals surface area contributed by atoms with Crippen LogP contribution in [0.15, 0.2) is 24.3 Å². The molecule has 0 fully saturated rings. The van der Waals surface area contributed by atoms with E-state index in [1.54, 1.807) is 12.1 Å². The van der Waals surface area contributed by atoms with Crippen molar-refractivity contribution < 1.29 is 18.3 Å². The lowest BCUT2D eigenvalue weighted by Gasteiger charge is -2.22. The normalized spacial score (nSPS) is 13.8. The number of aliphatic hydroxyl groups is 1. The van der Waals surface area contributed by atoms with Gasteiger partial charge in [0, 0.05) is 6.54 Å². The second-order valence-electron chi connectivity index (χ2n) is 4.82. The van der Waals surface area contributed by atoms with Crippen LogP contribution in [-0.4, -0.2) is 36.3 Å². The first-order chi connectivity index (χ1) is 8.81. The molecule has 108 valence electrons. The Balaban J connectivity index is 2.55. The summed E-state index contributed by atoms with van der Waals surface area (Å²) in [4.78, 5) is 1.07. The van der Waals surface area contributed by atoms with Crippen molar-refractivity contribution in [2.75, 3.05) is 20.1 Å². The van der Waals surface area contributed by atoms with E-state index in [4.69, 9.17) is 0 Å². The average Bonchev–Trinajstić information content (AvgIpc) is 2.27. The molecular formula is C14H20F3NO. The summed E-state index contributed by atoms with van der Waals surface area (Å²) in [6.45, 7) is 1.03. The van der Waals surface area contributed by atoms with Crippen LogP contribution in [-0.2, 0) is 6.42 Å². The highest BCUT2D eigenvalue weighted by molar-refractivity contribution is 5.24. The minimum Gasteiger partial charge on any atom is -0.387 e. The average molecular weight is 275 g/mol. The molecule has 1 atom stereocenters. The van der Waals surface area contributed by atoms with Crippen molar-refractivity contribution in [3.63, 3.8) is 0 Å². The molecule has 1 rings (SSSR count). The summed E-state index contributed by atoms with van der Waals surface area (Å²) >= 11 is 0. The quantitative estimate of drug-likeness (QED) is 0.862. The second kappa shape index (κ2) is 6.91. The fourth-order valence-electron chi connectivity index (χ4n) is 1.97. The van der Waals surface area contributed by atoms with E-state index in [9.17, 15) is 18.3 Å². The van der Waals surface area contributed by atoms with Crippen molar-refractivity contribution >= 4 is 0 Å². The van der Waals surface area contributed by atoms with Crippen molar-refractivity contribution in [3.8, 4) is 0 Å². The van der Waals surface area contributed by atoms with Crippen LogP contribution in [0.25, 0.3) is 0 Å². The molecule has 0 aliphatic heterocycles. The molecule has 0 amide bonds. The number of rotatable bonds is 6. The van der Waals surface area contributed by atoms with Crippen LogP contribution in [0.3, 0.4) is 0 Å². The fourth-order valence-corrected chi connectivity index (χ4v) is 1.97. The third-order valence-corrected chi connectivity index (χ3v) is 2.84. The number of aliphatic hydroxyl groups excluding tert-OH is 1. The van der Waals surface area contributed by atoms with Crippen LogP contribution in [0, 0.1) is 0 Å². The number of likely N-dealkylation sites (N-methyl/N-ethyl adjacent to an activating group) is 1. The molecule has 0 saturated carbocycles. The molecular weight excluding hydrogens is 255 g/mol. The number of hydrogen-bond acceptors (Lipinski definition) is 2. The summed E-state index contributed by atoms with van der Waals surface area (Å²) < 4.78 is 36.5. The zero-order valence-corrected chi connectivity index (χ0v) is 11.2. The van der Waals surface area contributed by atoms with E-state index in [0.29, 0.717) is 5.56 Å². The van der Waals surface area contributed by atoms with E-state index >= 15 is 0 Å². The van der Waals surface area contributed by atoms with Gasteiger partial charge in [-0.05, 0) is 24.6 Å². The van der Waals surface area contributed by atoms with Gasteiger partial charge in [0.15, 0.2) is 0 Å². The lowest BCUT2D eigenvalue weighted by atomic mass is 10.0. The van der Waals surface area contributed by atoms with Crippen LogP contribution in [0.2, 0.25) is 0 Å². The topological polar surface area (TPSA) is 23.5 Å². The molecule has 1 aromatic rings. The van der Waals surface area contributed by atoms with Crippen molar-refractivity contribution in [1.82, 2.24) is 4.90 Å². The molecule has 1 unspecified atom stereocenters. The second-order valence-corrected chi connectivity index (χ2v) is 4.82. The number of alkyl halides is 3. The molecule has 2 nitrogen and oxygen atoms in total. The fraction of sp³-hybridized carbons (Fsp3) is 0.571. The summed E-state index contributed by atoms with van der Waals surface area (Å²) in [5.41, 5.74) is 1.82. The largest absolute Gasteiger partial charge is 0.401 e. The van der Waals surface area contributed by atoms with Crippen LogP contribution in [0.1, 0.15) is 30.6 Å². The van der Waals surface area contributed by atoms with E-state index in [1.165, 1.54) is 12.6 Å². The van der Waals surface area contributed by atoms with Gasteiger partial charge >= 0.3 is 6.18 Å². The third kappa shape index (κ3) is 6.07. The van der Waals surface area contributed by atoms with Gasteiger partial charge in [0.1, 0.15) is 0 Å². The molecule has 0 spiro atoms. The van der Waals surface area contributed by atoms with Crippen LogP contribution in [0.4, 0.5) is 13.2 Å². The van der Waals surface area contributed by atoms with Crippen molar-refractivity contribution in [3.05, 3.63) is 35.4 Å². The summed E-state index contributed by atoms with van der Waals surface area (Å²) in [7, 11) is 1.35. The summed E-state index contributed by atoms with van der Waals surface area (Å²) in [6.07, 6.45) is -3.14. The Hall–Kier alpha value is -1.07. The predicted molar refractivity (Wildman–Crippen MR) is 68.9 cm³/mol. The lowest BCUT2D eigenvalue weighted by molar-refractivity contribution is -0.145. The Morgan fingerprint density at radius 2 is 1.79 bits per heavy atom. The van der Waals surface area contributed by atoms with Gasteiger partial charge in [-0.3, -0.25) is 4.90 Å². The number of halogens is 3. The van der Waals surface area contributed by atoms with E-state index in [-0.39, 0.29) is 6.54 Å².